The molecule has 26 heavy (non-hydrogen) atoms. The molecule has 2 aromatic carbocycles. The number of carbonyl (C=O) groups excluding carboxylic acids is 1. The molecule has 0 heterocycles. The minimum Gasteiger partial charge on any atom is -0.505 e. The van der Waals surface area contributed by atoms with Crippen LogP contribution in [0.4, 0.5) is 5.69 Å². The number of hydrogen-bond acceptors (Lipinski definition) is 3. The monoisotopic (exact) mass is 467 g/mol. The van der Waals surface area contributed by atoms with Crippen LogP contribution >= 0.6 is 22.6 Å². The van der Waals surface area contributed by atoms with E-state index in [4.69, 9.17) is 0 Å². The Labute approximate surface area is 166 Å². The van der Waals surface area contributed by atoms with E-state index in [1.807, 2.05) is 46.9 Å². The van der Waals surface area contributed by atoms with Gasteiger partial charge in [0.25, 0.3) is 0 Å². The Balaban J connectivity index is 2.17. The average molecular weight is 467 g/mol. The lowest BCUT2D eigenvalue weighted by Crippen LogP contribution is -2.19. The Morgan fingerprint density at radius 1 is 1.08 bits per heavy atom. The van der Waals surface area contributed by atoms with E-state index in [-0.39, 0.29) is 17.2 Å². The number of carbonyl (C=O) groups is 2. The second kappa shape index (κ2) is 8.53. The van der Waals surface area contributed by atoms with Gasteiger partial charge >= 0.3 is 5.97 Å². The van der Waals surface area contributed by atoms with E-state index in [1.54, 1.807) is 13.0 Å². The number of hydrogen-bond donors (Lipinski definition) is 3. The molecule has 0 saturated carbocycles. The number of phenols is 1. The molecular weight excluding hydrogens is 445 g/mol. The maximum atomic E-state index is 12.5. The van der Waals surface area contributed by atoms with Crippen molar-refractivity contribution in [2.45, 2.75) is 33.1 Å². The predicted octanol–water partition coefficient (Wildman–Crippen LogP) is 4.64. The first-order valence-corrected chi connectivity index (χ1v) is 9.43. The molecule has 0 aliphatic carbocycles. The average Bonchev–Trinajstić information content (AvgIpc) is 2.56. The minimum atomic E-state index is -1.24. The van der Waals surface area contributed by atoms with Gasteiger partial charge in [-0.3, -0.25) is 4.79 Å². The molecular formula is C20H22INO4. The second-order valence-corrected chi connectivity index (χ2v) is 7.84. The number of aromatic carboxylic acids is 1. The van der Waals surface area contributed by atoms with E-state index in [0.29, 0.717) is 9.49 Å². The minimum absolute atomic E-state index is 0.0936. The summed E-state index contributed by atoms with van der Waals surface area (Å²) in [5.74, 6) is -1.85. The summed E-state index contributed by atoms with van der Waals surface area (Å²) in [5, 5.41) is 22.0. The normalized spacial score (nSPS) is 12.0. The largest absolute Gasteiger partial charge is 0.505 e. The molecule has 2 aromatic rings. The number of aromatic hydroxyl groups is 1. The topological polar surface area (TPSA) is 86.6 Å². The zero-order valence-electron chi connectivity index (χ0n) is 14.9. The molecule has 0 spiro atoms. The summed E-state index contributed by atoms with van der Waals surface area (Å²) in [4.78, 5) is 23.8. The first-order valence-electron chi connectivity index (χ1n) is 8.35. The zero-order valence-corrected chi connectivity index (χ0v) is 17.1. The fourth-order valence-electron chi connectivity index (χ4n) is 2.68. The molecule has 5 nitrogen and oxygen atoms in total. The van der Waals surface area contributed by atoms with E-state index >= 15 is 0 Å². The molecule has 138 valence electrons. The maximum Gasteiger partial charge on any atom is 0.340 e. The number of carboxylic acids is 1. The van der Waals surface area contributed by atoms with Crippen LogP contribution in [0.2, 0.25) is 0 Å². The smallest absolute Gasteiger partial charge is 0.340 e. The van der Waals surface area contributed by atoms with Crippen molar-refractivity contribution in [3.63, 3.8) is 0 Å². The van der Waals surface area contributed by atoms with Crippen LogP contribution in [0.1, 0.15) is 48.2 Å². The van der Waals surface area contributed by atoms with Crippen LogP contribution in [0.15, 0.2) is 36.4 Å². The van der Waals surface area contributed by atoms with E-state index in [2.05, 4.69) is 19.2 Å². The Kier molecular flexibility index (Phi) is 6.63. The van der Waals surface area contributed by atoms with Gasteiger partial charge in [0.15, 0.2) is 5.75 Å². The van der Waals surface area contributed by atoms with Crippen molar-refractivity contribution >= 4 is 40.2 Å². The molecule has 1 unspecified atom stereocenters. The van der Waals surface area contributed by atoms with Crippen LogP contribution in [0.25, 0.3) is 0 Å². The molecule has 2 rings (SSSR count). The van der Waals surface area contributed by atoms with Gasteiger partial charge in [-0.2, -0.15) is 0 Å². The SMILES string of the molecule is CC(C)Cc1ccc(C(C)C(=O)Nc2ccc(I)c(C(=O)O)c2O)cc1. The molecule has 0 aliphatic heterocycles. The van der Waals surface area contributed by atoms with Gasteiger partial charge < -0.3 is 15.5 Å². The van der Waals surface area contributed by atoms with Gasteiger partial charge in [0.05, 0.1) is 11.6 Å². The molecule has 6 heteroatoms. The number of halogens is 1. The first kappa shape index (κ1) is 20.2. The predicted molar refractivity (Wildman–Crippen MR) is 110 cm³/mol. The number of carboxylic acid groups (broad SMARTS) is 1. The molecule has 0 aromatic heterocycles. The number of amides is 1. The molecule has 0 saturated heterocycles. The van der Waals surface area contributed by atoms with E-state index in [1.165, 1.54) is 11.6 Å². The van der Waals surface area contributed by atoms with Crippen LogP contribution in [0, 0.1) is 9.49 Å². The Morgan fingerprint density at radius 2 is 1.69 bits per heavy atom. The van der Waals surface area contributed by atoms with Crippen molar-refractivity contribution in [2.75, 3.05) is 5.32 Å². The van der Waals surface area contributed by atoms with Crippen LogP contribution in [0.3, 0.4) is 0 Å². The highest BCUT2D eigenvalue weighted by molar-refractivity contribution is 14.1. The second-order valence-electron chi connectivity index (χ2n) is 6.67. The maximum absolute atomic E-state index is 12.5. The number of anilines is 1. The van der Waals surface area contributed by atoms with Gasteiger partial charge in [-0.15, -0.1) is 0 Å². The molecule has 0 bridgehead atoms. The Bertz CT molecular complexity index is 815. The van der Waals surface area contributed by atoms with E-state index in [9.17, 15) is 19.8 Å². The lowest BCUT2D eigenvalue weighted by atomic mass is 9.96. The third kappa shape index (κ3) is 4.75. The van der Waals surface area contributed by atoms with Gasteiger partial charge in [0.2, 0.25) is 5.91 Å². The number of nitrogens with one attached hydrogen (secondary N) is 1. The van der Waals surface area contributed by atoms with Crippen molar-refractivity contribution in [2.24, 2.45) is 5.92 Å². The number of benzene rings is 2. The Morgan fingerprint density at radius 3 is 2.23 bits per heavy atom. The van der Waals surface area contributed by atoms with Crippen molar-refractivity contribution in [3.05, 3.63) is 56.7 Å². The van der Waals surface area contributed by atoms with Crippen LogP contribution < -0.4 is 5.32 Å². The molecule has 1 atom stereocenters. The summed E-state index contributed by atoms with van der Waals surface area (Å²) < 4.78 is 0.402. The molecule has 0 aliphatic rings. The van der Waals surface area contributed by atoms with Crippen LogP contribution in [-0.4, -0.2) is 22.1 Å². The van der Waals surface area contributed by atoms with E-state index < -0.39 is 17.6 Å². The van der Waals surface area contributed by atoms with Crippen molar-refractivity contribution in [1.29, 1.82) is 0 Å². The summed E-state index contributed by atoms with van der Waals surface area (Å²) in [6.45, 7) is 6.08. The summed E-state index contributed by atoms with van der Waals surface area (Å²) in [5.41, 5.74) is 1.96. The third-order valence-electron chi connectivity index (χ3n) is 4.12. The summed E-state index contributed by atoms with van der Waals surface area (Å²) in [6.07, 6.45) is 0.981. The van der Waals surface area contributed by atoms with Crippen molar-refractivity contribution < 1.29 is 19.8 Å². The summed E-state index contributed by atoms with van der Waals surface area (Å²) in [6, 6.07) is 10.9. The Hall–Kier alpha value is -2.09. The van der Waals surface area contributed by atoms with Gasteiger partial charge in [0.1, 0.15) is 5.56 Å². The van der Waals surface area contributed by atoms with Crippen molar-refractivity contribution in [3.8, 4) is 5.75 Å². The highest BCUT2D eigenvalue weighted by Gasteiger charge is 2.21. The van der Waals surface area contributed by atoms with Gasteiger partial charge in [-0.25, -0.2) is 4.79 Å². The summed E-state index contributed by atoms with van der Waals surface area (Å²) in [7, 11) is 0. The molecule has 0 fully saturated rings. The third-order valence-corrected chi connectivity index (χ3v) is 5.01. The number of rotatable bonds is 6. The first-order chi connectivity index (χ1) is 12.2. The van der Waals surface area contributed by atoms with Crippen LogP contribution in [-0.2, 0) is 11.2 Å². The van der Waals surface area contributed by atoms with Crippen LogP contribution in [0.5, 0.6) is 5.75 Å². The van der Waals surface area contributed by atoms with Gasteiger partial charge in [-0.1, -0.05) is 38.1 Å². The lowest BCUT2D eigenvalue weighted by Gasteiger charge is -2.15. The zero-order chi connectivity index (χ0) is 19.4. The highest BCUT2D eigenvalue weighted by atomic mass is 127. The van der Waals surface area contributed by atoms with E-state index in [0.717, 1.165) is 12.0 Å². The van der Waals surface area contributed by atoms with Gasteiger partial charge in [0, 0.05) is 3.57 Å². The molecule has 1 amide bonds. The standard InChI is InChI=1S/C20H22INO4/c1-11(2)10-13-4-6-14(7-5-13)12(3)19(24)22-16-9-8-15(21)17(18(16)23)20(25)26/h4-9,11-12,23H,10H2,1-3H3,(H,22,24)(H,25,26). The fourth-order valence-corrected chi connectivity index (χ4v) is 3.34. The quantitative estimate of drug-likeness (QED) is 0.427. The summed E-state index contributed by atoms with van der Waals surface area (Å²) >= 11 is 1.83. The molecule has 0 radical (unpaired) electrons. The molecule has 3 N–H and O–H groups in total. The van der Waals surface area contributed by atoms with Crippen molar-refractivity contribution in [1.82, 2.24) is 0 Å². The highest BCUT2D eigenvalue weighted by Crippen LogP contribution is 2.32. The van der Waals surface area contributed by atoms with Gasteiger partial charge in [-0.05, 0) is 65.1 Å². The lowest BCUT2D eigenvalue weighted by molar-refractivity contribution is -0.117. The fraction of sp³-hybridized carbons (Fsp3) is 0.300.